The van der Waals surface area contributed by atoms with Gasteiger partial charge in [-0.15, -0.1) is 0 Å². The van der Waals surface area contributed by atoms with E-state index >= 15 is 0 Å². The molecular formula is C7H16BrNO2S. The van der Waals surface area contributed by atoms with Crippen molar-refractivity contribution in [3.05, 3.63) is 0 Å². The lowest BCUT2D eigenvalue weighted by Gasteiger charge is -2.17. The Labute approximate surface area is 83.3 Å². The number of unbranched alkanes of at least 4 members (excludes halogenated alkanes) is 1. The lowest BCUT2D eigenvalue weighted by atomic mass is 10.3. The van der Waals surface area contributed by atoms with Crippen molar-refractivity contribution in [2.24, 2.45) is 0 Å². The Balaban J connectivity index is 4.05. The second-order valence-corrected chi connectivity index (χ2v) is 5.48. The van der Waals surface area contributed by atoms with Gasteiger partial charge in [0.15, 0.2) is 0 Å². The van der Waals surface area contributed by atoms with Crippen LogP contribution >= 0.6 is 15.9 Å². The molecule has 0 amide bonds. The lowest BCUT2D eigenvalue weighted by Crippen LogP contribution is -2.32. The highest BCUT2D eigenvalue weighted by Crippen LogP contribution is 2.01. The third-order valence-corrected chi connectivity index (χ3v) is 3.22. The molecule has 0 aromatic carbocycles. The fourth-order valence-electron chi connectivity index (χ4n) is 0.872. The standard InChI is InChI=1S/C7H16BrNO2S/c1-3-4-6-9(7-5-8)12(2,10)11/h3-7H2,1-2H3. The van der Waals surface area contributed by atoms with Gasteiger partial charge in [-0.1, -0.05) is 29.3 Å². The molecule has 0 fully saturated rings. The van der Waals surface area contributed by atoms with E-state index in [1.807, 2.05) is 0 Å². The Morgan fingerprint density at radius 2 is 1.92 bits per heavy atom. The van der Waals surface area contributed by atoms with Crippen molar-refractivity contribution in [1.29, 1.82) is 0 Å². The molecule has 0 aliphatic heterocycles. The van der Waals surface area contributed by atoms with Crippen LogP contribution in [0, 0.1) is 0 Å². The Morgan fingerprint density at radius 1 is 1.33 bits per heavy atom. The van der Waals surface area contributed by atoms with Gasteiger partial charge in [0, 0.05) is 18.4 Å². The summed E-state index contributed by atoms with van der Waals surface area (Å²) in [5.41, 5.74) is 0. The number of hydrogen-bond donors (Lipinski definition) is 0. The first-order valence-corrected chi connectivity index (χ1v) is 7.00. The van der Waals surface area contributed by atoms with Crippen LogP contribution in [0.15, 0.2) is 0 Å². The Morgan fingerprint density at radius 3 is 2.25 bits per heavy atom. The maximum atomic E-state index is 11.1. The van der Waals surface area contributed by atoms with Gasteiger partial charge in [0.1, 0.15) is 0 Å². The van der Waals surface area contributed by atoms with E-state index in [1.54, 1.807) is 0 Å². The monoisotopic (exact) mass is 257 g/mol. The van der Waals surface area contributed by atoms with Gasteiger partial charge in [0.05, 0.1) is 6.26 Å². The fraction of sp³-hybridized carbons (Fsp3) is 1.00. The van der Waals surface area contributed by atoms with E-state index in [4.69, 9.17) is 0 Å². The third-order valence-electron chi connectivity index (χ3n) is 1.56. The molecule has 3 nitrogen and oxygen atoms in total. The molecular weight excluding hydrogens is 242 g/mol. The molecule has 0 saturated heterocycles. The summed E-state index contributed by atoms with van der Waals surface area (Å²) in [7, 11) is -3.00. The first kappa shape index (κ1) is 12.4. The van der Waals surface area contributed by atoms with E-state index in [0.717, 1.165) is 12.8 Å². The maximum absolute atomic E-state index is 11.1. The molecule has 0 saturated carbocycles. The number of rotatable bonds is 6. The van der Waals surface area contributed by atoms with Crippen LogP contribution in [0.2, 0.25) is 0 Å². The van der Waals surface area contributed by atoms with Crippen LogP contribution < -0.4 is 0 Å². The summed E-state index contributed by atoms with van der Waals surface area (Å²) in [5, 5.41) is 0.698. The van der Waals surface area contributed by atoms with Crippen LogP contribution in [0.3, 0.4) is 0 Å². The summed E-state index contributed by atoms with van der Waals surface area (Å²) in [6.07, 6.45) is 3.21. The van der Waals surface area contributed by atoms with Crippen LogP contribution in [0.1, 0.15) is 19.8 Å². The lowest BCUT2D eigenvalue weighted by molar-refractivity contribution is 0.426. The molecule has 0 aliphatic rings. The second-order valence-electron chi connectivity index (χ2n) is 2.70. The highest BCUT2D eigenvalue weighted by molar-refractivity contribution is 9.09. The molecule has 74 valence electrons. The second kappa shape index (κ2) is 5.94. The topological polar surface area (TPSA) is 37.4 Å². The van der Waals surface area contributed by atoms with E-state index in [1.165, 1.54) is 10.6 Å². The molecule has 0 bridgehead atoms. The van der Waals surface area contributed by atoms with E-state index in [2.05, 4.69) is 22.9 Å². The molecule has 0 aromatic rings. The third kappa shape index (κ3) is 5.11. The van der Waals surface area contributed by atoms with E-state index < -0.39 is 10.0 Å². The summed E-state index contributed by atoms with van der Waals surface area (Å²) >= 11 is 3.23. The zero-order valence-corrected chi connectivity index (χ0v) is 9.99. The molecule has 0 N–H and O–H groups in total. The highest BCUT2D eigenvalue weighted by Gasteiger charge is 2.13. The summed E-state index contributed by atoms with van der Waals surface area (Å²) in [5.74, 6) is 0. The minimum atomic E-state index is -3.00. The Bertz CT molecular complexity index is 203. The number of hydrogen-bond acceptors (Lipinski definition) is 2. The predicted octanol–water partition coefficient (Wildman–Crippen LogP) is 1.44. The molecule has 12 heavy (non-hydrogen) atoms. The van der Waals surface area contributed by atoms with Crippen LogP contribution in [0.5, 0.6) is 0 Å². The molecule has 0 rings (SSSR count). The van der Waals surface area contributed by atoms with Crippen LogP contribution in [0.25, 0.3) is 0 Å². The molecule has 0 radical (unpaired) electrons. The van der Waals surface area contributed by atoms with Crippen molar-refractivity contribution in [2.45, 2.75) is 19.8 Å². The van der Waals surface area contributed by atoms with Gasteiger partial charge in [-0.3, -0.25) is 0 Å². The largest absolute Gasteiger partial charge is 0.213 e. The molecule has 0 heterocycles. The average Bonchev–Trinajstić information content (AvgIpc) is 1.95. The first-order valence-electron chi connectivity index (χ1n) is 4.03. The van der Waals surface area contributed by atoms with Crippen molar-refractivity contribution in [2.75, 3.05) is 24.7 Å². The molecule has 0 atom stereocenters. The van der Waals surface area contributed by atoms with Gasteiger partial charge in [0.2, 0.25) is 10.0 Å². The van der Waals surface area contributed by atoms with Gasteiger partial charge < -0.3 is 0 Å². The predicted molar refractivity (Wildman–Crippen MR) is 55.1 cm³/mol. The summed E-state index contributed by atoms with van der Waals surface area (Å²) in [6.45, 7) is 3.26. The van der Waals surface area contributed by atoms with Crippen molar-refractivity contribution < 1.29 is 8.42 Å². The minimum Gasteiger partial charge on any atom is -0.213 e. The van der Waals surface area contributed by atoms with Crippen LogP contribution in [-0.2, 0) is 10.0 Å². The Kier molecular flexibility index (Phi) is 6.13. The van der Waals surface area contributed by atoms with Gasteiger partial charge >= 0.3 is 0 Å². The van der Waals surface area contributed by atoms with Gasteiger partial charge in [-0.25, -0.2) is 12.7 Å². The Hall–Kier alpha value is 0.390. The summed E-state index contributed by atoms with van der Waals surface area (Å²) in [6, 6.07) is 0. The fourth-order valence-corrected chi connectivity index (χ4v) is 2.42. The molecule has 0 aliphatic carbocycles. The molecule has 0 aromatic heterocycles. The summed E-state index contributed by atoms with van der Waals surface area (Å²) in [4.78, 5) is 0. The number of nitrogens with zero attached hydrogens (tertiary/aromatic N) is 1. The van der Waals surface area contributed by atoms with Gasteiger partial charge in [-0.05, 0) is 6.42 Å². The zero-order chi connectivity index (χ0) is 9.61. The number of alkyl halides is 1. The SMILES string of the molecule is CCCCN(CCBr)S(C)(=O)=O. The van der Waals surface area contributed by atoms with Crippen molar-refractivity contribution in [3.8, 4) is 0 Å². The molecule has 5 heteroatoms. The van der Waals surface area contributed by atoms with E-state index in [9.17, 15) is 8.42 Å². The van der Waals surface area contributed by atoms with Gasteiger partial charge in [0.25, 0.3) is 0 Å². The molecule has 0 unspecified atom stereocenters. The van der Waals surface area contributed by atoms with Crippen LogP contribution in [0.4, 0.5) is 0 Å². The zero-order valence-electron chi connectivity index (χ0n) is 7.59. The highest BCUT2D eigenvalue weighted by atomic mass is 79.9. The quantitative estimate of drug-likeness (QED) is 0.676. The average molecular weight is 258 g/mol. The smallest absolute Gasteiger partial charge is 0.211 e. The molecule has 0 spiro atoms. The summed E-state index contributed by atoms with van der Waals surface area (Å²) < 4.78 is 23.8. The van der Waals surface area contributed by atoms with Crippen LogP contribution in [-0.4, -0.2) is 37.4 Å². The van der Waals surface area contributed by atoms with Gasteiger partial charge in [-0.2, -0.15) is 0 Å². The minimum absolute atomic E-state index is 0.568. The van der Waals surface area contributed by atoms with Crippen molar-refractivity contribution in [3.63, 3.8) is 0 Å². The maximum Gasteiger partial charge on any atom is 0.211 e. The normalized spacial score (nSPS) is 12.3. The van der Waals surface area contributed by atoms with Crippen molar-refractivity contribution >= 4 is 26.0 Å². The van der Waals surface area contributed by atoms with Crippen molar-refractivity contribution in [1.82, 2.24) is 4.31 Å². The van der Waals surface area contributed by atoms with E-state index in [-0.39, 0.29) is 0 Å². The number of sulfonamides is 1. The van der Waals surface area contributed by atoms with E-state index in [0.29, 0.717) is 18.4 Å². The number of halogens is 1. The first-order chi connectivity index (χ1) is 5.52.